The summed E-state index contributed by atoms with van der Waals surface area (Å²) in [6.07, 6.45) is 1.89. The van der Waals surface area contributed by atoms with Crippen LogP contribution < -0.4 is 0 Å². The predicted octanol–water partition coefficient (Wildman–Crippen LogP) is 1.62. The minimum atomic E-state index is 0.745. The fourth-order valence-electron chi connectivity index (χ4n) is 0.849. The second-order valence-electron chi connectivity index (χ2n) is 2.94. The molecular formula is C10H14N2. The Kier molecular flexibility index (Phi) is 3.48. The number of hydrogen-bond donors (Lipinski definition) is 0. The van der Waals surface area contributed by atoms with Gasteiger partial charge in [0.25, 0.3) is 0 Å². The Balaban J connectivity index is 2.47. The monoisotopic (exact) mass is 162 g/mol. The lowest BCUT2D eigenvalue weighted by molar-refractivity contribution is 0.425. The molecule has 1 aromatic rings. The second-order valence-corrected chi connectivity index (χ2v) is 2.94. The van der Waals surface area contributed by atoms with Crippen LogP contribution in [0.4, 0.5) is 0 Å². The summed E-state index contributed by atoms with van der Waals surface area (Å²) in [4.78, 5) is 6.27. The standard InChI is InChI=1S/C10H14N2/c1-12(2)9-11-8-10-6-4-3-5-7-10/h3-8H,9H2,1-2H3. The molecule has 12 heavy (non-hydrogen) atoms. The highest BCUT2D eigenvalue weighted by Gasteiger charge is 1.84. The van der Waals surface area contributed by atoms with Crippen molar-refractivity contribution in [1.29, 1.82) is 0 Å². The van der Waals surface area contributed by atoms with Crippen LogP contribution in [-0.4, -0.2) is 31.9 Å². The smallest absolute Gasteiger partial charge is 0.0904 e. The summed E-state index contributed by atoms with van der Waals surface area (Å²) >= 11 is 0. The first kappa shape index (κ1) is 8.94. The van der Waals surface area contributed by atoms with Gasteiger partial charge in [0.15, 0.2) is 0 Å². The topological polar surface area (TPSA) is 15.6 Å². The van der Waals surface area contributed by atoms with E-state index in [4.69, 9.17) is 0 Å². The van der Waals surface area contributed by atoms with Crippen molar-refractivity contribution in [2.24, 2.45) is 4.99 Å². The molecule has 2 nitrogen and oxygen atoms in total. The summed E-state index contributed by atoms with van der Waals surface area (Å²) < 4.78 is 0. The van der Waals surface area contributed by atoms with Gasteiger partial charge < -0.3 is 0 Å². The SMILES string of the molecule is CN(C)CN=Cc1ccccc1. The molecule has 0 spiro atoms. The third-order valence-electron chi connectivity index (χ3n) is 1.40. The van der Waals surface area contributed by atoms with Gasteiger partial charge in [-0.1, -0.05) is 30.3 Å². The molecule has 0 aliphatic rings. The van der Waals surface area contributed by atoms with E-state index in [2.05, 4.69) is 4.99 Å². The molecule has 0 fully saturated rings. The van der Waals surface area contributed by atoms with Crippen molar-refractivity contribution in [1.82, 2.24) is 4.90 Å². The predicted molar refractivity (Wildman–Crippen MR) is 52.6 cm³/mol. The van der Waals surface area contributed by atoms with E-state index >= 15 is 0 Å². The molecule has 0 aliphatic carbocycles. The van der Waals surface area contributed by atoms with Crippen LogP contribution in [0.2, 0.25) is 0 Å². The molecule has 0 saturated carbocycles. The van der Waals surface area contributed by atoms with E-state index in [0.29, 0.717) is 0 Å². The zero-order valence-electron chi connectivity index (χ0n) is 7.57. The number of benzene rings is 1. The molecule has 0 aromatic heterocycles. The Hall–Kier alpha value is -1.15. The summed E-state index contributed by atoms with van der Waals surface area (Å²) in [6.45, 7) is 0.745. The normalized spacial score (nSPS) is 11.2. The largest absolute Gasteiger partial charge is 0.291 e. The maximum Gasteiger partial charge on any atom is 0.0904 e. The molecule has 0 bridgehead atoms. The van der Waals surface area contributed by atoms with E-state index in [0.717, 1.165) is 12.2 Å². The molecular weight excluding hydrogens is 148 g/mol. The fraction of sp³-hybridized carbons (Fsp3) is 0.300. The van der Waals surface area contributed by atoms with Crippen molar-refractivity contribution in [2.45, 2.75) is 0 Å². The molecule has 0 unspecified atom stereocenters. The number of nitrogens with zero attached hydrogens (tertiary/aromatic N) is 2. The van der Waals surface area contributed by atoms with Gasteiger partial charge >= 0.3 is 0 Å². The average molecular weight is 162 g/mol. The molecule has 2 heteroatoms. The molecule has 1 rings (SSSR count). The lowest BCUT2D eigenvalue weighted by Gasteiger charge is -2.02. The van der Waals surface area contributed by atoms with Gasteiger partial charge in [0, 0.05) is 6.21 Å². The molecule has 0 aliphatic heterocycles. The first-order valence-corrected chi connectivity index (χ1v) is 3.98. The summed E-state index contributed by atoms with van der Waals surface area (Å²) in [5.41, 5.74) is 1.15. The van der Waals surface area contributed by atoms with E-state index in [9.17, 15) is 0 Å². The minimum absolute atomic E-state index is 0.745. The molecule has 0 atom stereocenters. The highest BCUT2D eigenvalue weighted by Crippen LogP contribution is 1.93. The van der Waals surface area contributed by atoms with Crippen LogP contribution in [0.3, 0.4) is 0 Å². The van der Waals surface area contributed by atoms with Gasteiger partial charge in [-0.2, -0.15) is 0 Å². The lowest BCUT2D eigenvalue weighted by atomic mass is 10.2. The van der Waals surface area contributed by atoms with Crippen LogP contribution in [0.15, 0.2) is 35.3 Å². The third kappa shape index (κ3) is 3.30. The van der Waals surface area contributed by atoms with Crippen molar-refractivity contribution >= 4 is 6.21 Å². The molecule has 64 valence electrons. The van der Waals surface area contributed by atoms with Gasteiger partial charge in [-0.05, 0) is 19.7 Å². The van der Waals surface area contributed by atoms with Gasteiger partial charge in [0.1, 0.15) is 0 Å². The number of aliphatic imine (C=N–C) groups is 1. The van der Waals surface area contributed by atoms with Crippen LogP contribution in [0, 0.1) is 0 Å². The van der Waals surface area contributed by atoms with Crippen molar-refractivity contribution < 1.29 is 0 Å². The fourth-order valence-corrected chi connectivity index (χ4v) is 0.849. The number of rotatable bonds is 3. The van der Waals surface area contributed by atoms with Crippen molar-refractivity contribution in [2.75, 3.05) is 20.8 Å². The Bertz CT molecular complexity index is 239. The second kappa shape index (κ2) is 4.67. The summed E-state index contributed by atoms with van der Waals surface area (Å²) in [6, 6.07) is 10.1. The van der Waals surface area contributed by atoms with Crippen LogP contribution in [-0.2, 0) is 0 Å². The summed E-state index contributed by atoms with van der Waals surface area (Å²) in [5.74, 6) is 0. The van der Waals surface area contributed by atoms with E-state index in [1.54, 1.807) is 0 Å². The molecule has 0 saturated heterocycles. The summed E-state index contributed by atoms with van der Waals surface area (Å²) in [7, 11) is 4.00. The Morgan fingerprint density at radius 2 is 1.92 bits per heavy atom. The average Bonchev–Trinajstić information content (AvgIpc) is 2.05. The van der Waals surface area contributed by atoms with Gasteiger partial charge in [-0.15, -0.1) is 0 Å². The van der Waals surface area contributed by atoms with Crippen LogP contribution >= 0.6 is 0 Å². The zero-order valence-corrected chi connectivity index (χ0v) is 7.57. The quantitative estimate of drug-likeness (QED) is 0.617. The van der Waals surface area contributed by atoms with Crippen molar-refractivity contribution in [3.63, 3.8) is 0 Å². The van der Waals surface area contributed by atoms with Gasteiger partial charge in [0.2, 0.25) is 0 Å². The third-order valence-corrected chi connectivity index (χ3v) is 1.40. The maximum absolute atomic E-state index is 4.24. The Labute approximate surface area is 73.5 Å². The van der Waals surface area contributed by atoms with Gasteiger partial charge in [-0.25, -0.2) is 0 Å². The van der Waals surface area contributed by atoms with Crippen molar-refractivity contribution in [3.8, 4) is 0 Å². The van der Waals surface area contributed by atoms with E-state index < -0.39 is 0 Å². The minimum Gasteiger partial charge on any atom is -0.291 e. The van der Waals surface area contributed by atoms with Crippen LogP contribution in [0.1, 0.15) is 5.56 Å². The Morgan fingerprint density at radius 1 is 1.25 bits per heavy atom. The lowest BCUT2D eigenvalue weighted by Crippen LogP contribution is -2.10. The van der Waals surface area contributed by atoms with E-state index in [-0.39, 0.29) is 0 Å². The van der Waals surface area contributed by atoms with Crippen molar-refractivity contribution in [3.05, 3.63) is 35.9 Å². The number of hydrogen-bond acceptors (Lipinski definition) is 2. The van der Waals surface area contributed by atoms with E-state index in [1.165, 1.54) is 0 Å². The van der Waals surface area contributed by atoms with E-state index in [1.807, 2.05) is 55.5 Å². The molecule has 0 N–H and O–H groups in total. The molecule has 0 amide bonds. The first-order valence-electron chi connectivity index (χ1n) is 3.98. The molecule has 0 radical (unpaired) electrons. The summed E-state index contributed by atoms with van der Waals surface area (Å²) in [5, 5.41) is 0. The van der Waals surface area contributed by atoms with Gasteiger partial charge in [0.05, 0.1) is 6.67 Å². The first-order chi connectivity index (χ1) is 5.79. The highest BCUT2D eigenvalue weighted by molar-refractivity contribution is 5.79. The maximum atomic E-state index is 4.24. The molecule has 1 aromatic carbocycles. The zero-order chi connectivity index (χ0) is 8.81. The molecule has 0 heterocycles. The highest BCUT2D eigenvalue weighted by atomic mass is 15.1. The van der Waals surface area contributed by atoms with Crippen LogP contribution in [0.5, 0.6) is 0 Å². The van der Waals surface area contributed by atoms with Gasteiger partial charge in [-0.3, -0.25) is 9.89 Å². The van der Waals surface area contributed by atoms with Crippen LogP contribution in [0.25, 0.3) is 0 Å². The Morgan fingerprint density at radius 3 is 2.50 bits per heavy atom.